The molecule has 0 spiro atoms. The number of unbranched alkanes of at least 4 members (excludes halogenated alkanes) is 1. The van der Waals surface area contributed by atoms with Crippen molar-refractivity contribution in [2.75, 3.05) is 13.7 Å². The van der Waals surface area contributed by atoms with Crippen molar-refractivity contribution in [3.8, 4) is 11.8 Å². The summed E-state index contributed by atoms with van der Waals surface area (Å²) in [7, 11) is 1.26. The van der Waals surface area contributed by atoms with Gasteiger partial charge in [-0.3, -0.25) is 9.59 Å². The van der Waals surface area contributed by atoms with Gasteiger partial charge in [-0.2, -0.15) is 0 Å². The lowest BCUT2D eigenvalue weighted by Gasteiger charge is -1.97. The van der Waals surface area contributed by atoms with Gasteiger partial charge >= 0.3 is 5.97 Å². The molecular formula is C9H13NO3. The highest BCUT2D eigenvalue weighted by Crippen LogP contribution is 1.80. The number of hydrogen-bond donors (Lipinski definition) is 1. The van der Waals surface area contributed by atoms with Crippen LogP contribution in [0.2, 0.25) is 0 Å². The van der Waals surface area contributed by atoms with Crippen LogP contribution in [0.3, 0.4) is 0 Å². The lowest BCUT2D eigenvalue weighted by atomic mass is 10.3. The van der Waals surface area contributed by atoms with E-state index in [-0.39, 0.29) is 6.54 Å². The Balaban J connectivity index is 3.65. The highest BCUT2D eigenvalue weighted by atomic mass is 16.5. The maximum atomic E-state index is 10.8. The minimum Gasteiger partial charge on any atom is -0.468 e. The molecule has 4 heteroatoms. The number of methoxy groups -OCH3 is 1. The minimum absolute atomic E-state index is 0.129. The van der Waals surface area contributed by atoms with Gasteiger partial charge in [-0.05, 0) is 12.3 Å². The molecule has 13 heavy (non-hydrogen) atoms. The normalized spacial score (nSPS) is 8.15. The van der Waals surface area contributed by atoms with Crippen molar-refractivity contribution in [1.29, 1.82) is 0 Å². The lowest BCUT2D eigenvalue weighted by molar-refractivity contribution is -0.140. The molecule has 0 aliphatic heterocycles. The number of carbonyl (C=O) groups is 2. The van der Waals surface area contributed by atoms with Crippen LogP contribution in [-0.4, -0.2) is 25.5 Å². The van der Waals surface area contributed by atoms with E-state index in [1.54, 1.807) is 0 Å². The maximum absolute atomic E-state index is 10.8. The van der Waals surface area contributed by atoms with E-state index in [0.717, 1.165) is 6.42 Å². The second-order valence-electron chi connectivity index (χ2n) is 2.31. The van der Waals surface area contributed by atoms with Gasteiger partial charge in [0.2, 0.25) is 0 Å². The summed E-state index contributed by atoms with van der Waals surface area (Å²) in [4.78, 5) is 21.4. The van der Waals surface area contributed by atoms with E-state index in [9.17, 15) is 9.59 Å². The summed E-state index contributed by atoms with van der Waals surface area (Å²) in [6.45, 7) is 1.84. The summed E-state index contributed by atoms with van der Waals surface area (Å²) in [6, 6.07) is 0. The fourth-order valence-electron chi connectivity index (χ4n) is 0.537. The van der Waals surface area contributed by atoms with E-state index >= 15 is 0 Å². The third kappa shape index (κ3) is 6.88. The number of carbonyl (C=O) groups excluding carboxylic acids is 2. The van der Waals surface area contributed by atoms with Crippen molar-refractivity contribution in [1.82, 2.24) is 5.32 Å². The smallest absolute Gasteiger partial charge is 0.325 e. The summed E-state index contributed by atoms with van der Waals surface area (Å²) in [5, 5.41) is 2.31. The SMILES string of the molecule is CCCC#CC(=O)NCC(=O)OC. The third-order valence-corrected chi connectivity index (χ3v) is 1.20. The standard InChI is InChI=1S/C9H13NO3/c1-3-4-5-6-8(11)10-7-9(12)13-2/h3-4,7H2,1-2H3,(H,10,11). The van der Waals surface area contributed by atoms with Gasteiger partial charge in [0.1, 0.15) is 6.54 Å². The quantitative estimate of drug-likeness (QED) is 0.498. The fraction of sp³-hybridized carbons (Fsp3) is 0.556. The minimum atomic E-state index is -0.481. The van der Waals surface area contributed by atoms with Gasteiger partial charge in [-0.15, -0.1) is 0 Å². The summed E-state index contributed by atoms with van der Waals surface area (Å²) in [5.41, 5.74) is 0. The van der Waals surface area contributed by atoms with Crippen molar-refractivity contribution >= 4 is 11.9 Å². The summed E-state index contributed by atoms with van der Waals surface area (Å²) in [5.74, 6) is 4.09. The molecule has 0 rings (SSSR count). The monoisotopic (exact) mass is 183 g/mol. The van der Waals surface area contributed by atoms with E-state index in [0.29, 0.717) is 6.42 Å². The van der Waals surface area contributed by atoms with Gasteiger partial charge < -0.3 is 10.1 Å². The molecule has 72 valence electrons. The molecule has 1 amide bonds. The Labute approximate surface area is 77.6 Å². The van der Waals surface area contributed by atoms with Crippen molar-refractivity contribution in [2.45, 2.75) is 19.8 Å². The Kier molecular flexibility index (Phi) is 6.34. The number of rotatable bonds is 3. The molecule has 0 aromatic rings. The van der Waals surface area contributed by atoms with Crippen LogP contribution >= 0.6 is 0 Å². The molecule has 4 nitrogen and oxygen atoms in total. The van der Waals surface area contributed by atoms with E-state index in [1.807, 2.05) is 6.92 Å². The Morgan fingerprint density at radius 3 is 2.69 bits per heavy atom. The zero-order valence-electron chi connectivity index (χ0n) is 7.85. The average molecular weight is 183 g/mol. The molecular weight excluding hydrogens is 170 g/mol. The van der Waals surface area contributed by atoms with Crippen LogP contribution in [0.5, 0.6) is 0 Å². The molecule has 0 saturated heterocycles. The van der Waals surface area contributed by atoms with Crippen LogP contribution in [0.25, 0.3) is 0 Å². The molecule has 0 heterocycles. The maximum Gasteiger partial charge on any atom is 0.325 e. The van der Waals surface area contributed by atoms with Crippen LogP contribution < -0.4 is 5.32 Å². The number of ether oxygens (including phenoxy) is 1. The van der Waals surface area contributed by atoms with E-state index in [4.69, 9.17) is 0 Å². The molecule has 0 fully saturated rings. The summed E-state index contributed by atoms with van der Waals surface area (Å²) >= 11 is 0. The van der Waals surface area contributed by atoms with Crippen LogP contribution in [0.15, 0.2) is 0 Å². The molecule has 0 unspecified atom stereocenters. The van der Waals surface area contributed by atoms with Crippen LogP contribution in [-0.2, 0) is 14.3 Å². The van der Waals surface area contributed by atoms with Crippen molar-refractivity contribution in [2.24, 2.45) is 0 Å². The largest absolute Gasteiger partial charge is 0.468 e. The second-order valence-corrected chi connectivity index (χ2v) is 2.31. The highest BCUT2D eigenvalue weighted by Gasteiger charge is 2.00. The predicted octanol–water partition coefficient (Wildman–Crippen LogP) is 0.0791. The molecule has 0 aromatic heterocycles. The molecule has 0 aliphatic rings. The van der Waals surface area contributed by atoms with Crippen LogP contribution in [0.1, 0.15) is 19.8 Å². The zero-order valence-corrected chi connectivity index (χ0v) is 7.85. The van der Waals surface area contributed by atoms with Crippen molar-refractivity contribution in [3.05, 3.63) is 0 Å². The molecule has 0 aliphatic carbocycles. The second kappa shape index (κ2) is 7.17. The van der Waals surface area contributed by atoms with Crippen LogP contribution in [0.4, 0.5) is 0 Å². The molecule has 0 aromatic carbocycles. The summed E-state index contributed by atoms with van der Waals surface area (Å²) < 4.78 is 4.32. The van der Waals surface area contributed by atoms with Gasteiger partial charge in [0.05, 0.1) is 7.11 Å². The molecule has 0 atom stereocenters. The highest BCUT2D eigenvalue weighted by molar-refractivity contribution is 5.95. The fourth-order valence-corrected chi connectivity index (χ4v) is 0.537. The van der Waals surface area contributed by atoms with Gasteiger partial charge in [0.15, 0.2) is 0 Å². The van der Waals surface area contributed by atoms with E-state index in [1.165, 1.54) is 7.11 Å². The number of nitrogens with one attached hydrogen (secondary N) is 1. The Morgan fingerprint density at radius 2 is 2.15 bits per heavy atom. The van der Waals surface area contributed by atoms with Crippen molar-refractivity contribution < 1.29 is 14.3 Å². The van der Waals surface area contributed by atoms with Gasteiger partial charge in [-0.25, -0.2) is 0 Å². The molecule has 0 radical (unpaired) electrons. The van der Waals surface area contributed by atoms with E-state index in [2.05, 4.69) is 21.9 Å². The summed E-state index contributed by atoms with van der Waals surface area (Å²) in [6.07, 6.45) is 1.60. The Bertz CT molecular complexity index is 237. The Hall–Kier alpha value is -1.50. The number of esters is 1. The van der Waals surface area contributed by atoms with Gasteiger partial charge in [0.25, 0.3) is 5.91 Å². The number of hydrogen-bond acceptors (Lipinski definition) is 3. The first kappa shape index (κ1) is 11.5. The Morgan fingerprint density at radius 1 is 1.46 bits per heavy atom. The third-order valence-electron chi connectivity index (χ3n) is 1.20. The molecule has 1 N–H and O–H groups in total. The van der Waals surface area contributed by atoms with E-state index < -0.39 is 11.9 Å². The first-order valence-electron chi connectivity index (χ1n) is 4.04. The zero-order chi connectivity index (χ0) is 10.1. The lowest BCUT2D eigenvalue weighted by Crippen LogP contribution is -2.28. The first-order valence-corrected chi connectivity index (χ1v) is 4.04. The molecule has 0 bridgehead atoms. The van der Waals surface area contributed by atoms with Gasteiger partial charge in [-0.1, -0.05) is 12.8 Å². The predicted molar refractivity (Wildman–Crippen MR) is 47.7 cm³/mol. The van der Waals surface area contributed by atoms with Gasteiger partial charge in [0, 0.05) is 6.42 Å². The topological polar surface area (TPSA) is 55.4 Å². The molecule has 0 saturated carbocycles. The number of amides is 1. The van der Waals surface area contributed by atoms with Crippen molar-refractivity contribution in [3.63, 3.8) is 0 Å². The first-order chi connectivity index (χ1) is 6.20. The van der Waals surface area contributed by atoms with Crippen LogP contribution in [0, 0.1) is 11.8 Å². The average Bonchev–Trinajstić information content (AvgIpc) is 2.14.